The van der Waals surface area contributed by atoms with Crippen molar-refractivity contribution in [2.24, 2.45) is 0 Å². The van der Waals surface area contributed by atoms with Gasteiger partial charge >= 0.3 is 6.18 Å². The van der Waals surface area contributed by atoms with E-state index in [1.165, 1.54) is 0 Å². The van der Waals surface area contributed by atoms with Gasteiger partial charge in [0, 0.05) is 23.7 Å². The van der Waals surface area contributed by atoms with Crippen LogP contribution in [0.5, 0.6) is 5.75 Å². The minimum Gasteiger partial charge on any atom is -0.497 e. The molecule has 2 N–H and O–H groups in total. The summed E-state index contributed by atoms with van der Waals surface area (Å²) in [5.74, 6) is 1.01. The number of hydrogen-bond acceptors (Lipinski definition) is 4. The molecule has 1 aliphatic rings. The number of nitrogens with one attached hydrogen (secondary N) is 1. The Kier molecular flexibility index (Phi) is 5.52. The van der Waals surface area contributed by atoms with E-state index in [2.05, 4.69) is 10.2 Å². The molecule has 1 saturated heterocycles. The maximum Gasteiger partial charge on any atom is 0.415 e. The third-order valence-electron chi connectivity index (χ3n) is 4.82. The van der Waals surface area contributed by atoms with Gasteiger partial charge < -0.3 is 14.7 Å². The van der Waals surface area contributed by atoms with Gasteiger partial charge in [0.25, 0.3) is 0 Å². The highest BCUT2D eigenvalue weighted by Crippen LogP contribution is 2.30. The van der Waals surface area contributed by atoms with E-state index in [9.17, 15) is 18.3 Å². The van der Waals surface area contributed by atoms with Gasteiger partial charge in [-0.25, -0.2) is 0 Å². The zero-order chi connectivity index (χ0) is 18.7. The minimum absolute atomic E-state index is 0.230. The molecule has 1 aromatic heterocycles. The fourth-order valence-corrected chi connectivity index (χ4v) is 3.23. The fourth-order valence-electron chi connectivity index (χ4n) is 3.23. The van der Waals surface area contributed by atoms with Gasteiger partial charge in [-0.3, -0.25) is 5.10 Å². The van der Waals surface area contributed by atoms with Crippen molar-refractivity contribution in [3.8, 4) is 17.0 Å². The molecule has 0 bridgehead atoms. The largest absolute Gasteiger partial charge is 0.497 e. The average molecular weight is 369 g/mol. The number of aromatic amines is 1. The van der Waals surface area contributed by atoms with Crippen molar-refractivity contribution in [2.45, 2.75) is 31.0 Å². The fraction of sp³-hybridized carbons (Fsp3) is 0.500. The standard InChI is InChI=1S/C18H22F3N3O2/c1-26-14-4-2-12(3-5-14)15-10-16(23-22-15)13-6-8-24(9-7-13)11-17(25)18(19,20)21/h2-5,10,13,17,25H,6-9,11H2,1H3,(H,22,23)/t17-/m1/s1. The highest BCUT2D eigenvalue weighted by molar-refractivity contribution is 5.60. The van der Waals surface area contributed by atoms with Crippen molar-refractivity contribution >= 4 is 0 Å². The monoisotopic (exact) mass is 369 g/mol. The molecule has 26 heavy (non-hydrogen) atoms. The van der Waals surface area contributed by atoms with Crippen LogP contribution >= 0.6 is 0 Å². The summed E-state index contributed by atoms with van der Waals surface area (Å²) < 4.78 is 42.5. The number of methoxy groups -OCH3 is 1. The Morgan fingerprint density at radius 3 is 2.50 bits per heavy atom. The second kappa shape index (κ2) is 7.67. The van der Waals surface area contributed by atoms with Gasteiger partial charge in [0.1, 0.15) is 5.75 Å². The lowest BCUT2D eigenvalue weighted by Crippen LogP contribution is -2.44. The number of aliphatic hydroxyl groups excluding tert-OH is 1. The molecule has 1 atom stereocenters. The topological polar surface area (TPSA) is 61.4 Å². The summed E-state index contributed by atoms with van der Waals surface area (Å²) in [6, 6.07) is 9.59. The first-order valence-electron chi connectivity index (χ1n) is 8.53. The number of benzene rings is 1. The molecule has 8 heteroatoms. The average Bonchev–Trinajstić information content (AvgIpc) is 3.12. The van der Waals surface area contributed by atoms with E-state index in [4.69, 9.17) is 4.74 Å². The van der Waals surface area contributed by atoms with E-state index in [0.29, 0.717) is 13.1 Å². The van der Waals surface area contributed by atoms with E-state index >= 15 is 0 Å². The Morgan fingerprint density at radius 2 is 1.92 bits per heavy atom. The van der Waals surface area contributed by atoms with Crippen LogP contribution in [0.4, 0.5) is 13.2 Å². The number of piperidine rings is 1. The number of aliphatic hydroxyl groups is 1. The Balaban J connectivity index is 1.57. The Morgan fingerprint density at radius 1 is 1.27 bits per heavy atom. The van der Waals surface area contributed by atoms with Crippen LogP contribution in [0.2, 0.25) is 0 Å². The number of H-pyrrole nitrogens is 1. The van der Waals surface area contributed by atoms with Gasteiger partial charge in [-0.15, -0.1) is 0 Å². The Hall–Kier alpha value is -2.06. The predicted molar refractivity (Wildman–Crippen MR) is 91.1 cm³/mol. The number of rotatable bonds is 5. The number of β-amino-alcohol motifs (C(OH)–C–C–N with tert-alkyl or cyclic N) is 1. The van der Waals surface area contributed by atoms with Gasteiger partial charge in [-0.1, -0.05) is 0 Å². The van der Waals surface area contributed by atoms with Crippen LogP contribution in [0.15, 0.2) is 30.3 Å². The SMILES string of the molecule is COc1ccc(-c2cc(C3CCN(C[C@@H](O)C(F)(F)F)CC3)[nH]n2)cc1. The molecule has 0 aliphatic carbocycles. The molecule has 0 amide bonds. The number of likely N-dealkylation sites (tertiary alicyclic amines) is 1. The van der Waals surface area contributed by atoms with Gasteiger partial charge in [-0.2, -0.15) is 18.3 Å². The van der Waals surface area contributed by atoms with Crippen LogP contribution < -0.4 is 4.74 Å². The summed E-state index contributed by atoms with van der Waals surface area (Å²) in [5.41, 5.74) is 2.79. The summed E-state index contributed by atoms with van der Waals surface area (Å²) in [4.78, 5) is 1.66. The van der Waals surface area contributed by atoms with Crippen LogP contribution in [-0.2, 0) is 0 Å². The van der Waals surface area contributed by atoms with E-state index in [1.807, 2.05) is 30.3 Å². The maximum atomic E-state index is 12.5. The molecule has 0 saturated carbocycles. The van der Waals surface area contributed by atoms with E-state index in [0.717, 1.165) is 35.5 Å². The van der Waals surface area contributed by atoms with E-state index in [-0.39, 0.29) is 12.5 Å². The summed E-state index contributed by atoms with van der Waals surface area (Å²) >= 11 is 0. The molecule has 2 heterocycles. The van der Waals surface area contributed by atoms with Gasteiger partial charge in [0.2, 0.25) is 0 Å². The number of aromatic nitrogens is 2. The van der Waals surface area contributed by atoms with Gasteiger partial charge in [0.05, 0.1) is 12.8 Å². The van der Waals surface area contributed by atoms with Crippen molar-refractivity contribution in [1.29, 1.82) is 0 Å². The van der Waals surface area contributed by atoms with Crippen molar-refractivity contribution in [3.05, 3.63) is 36.0 Å². The molecular formula is C18H22F3N3O2. The second-order valence-corrected chi connectivity index (χ2v) is 6.57. The zero-order valence-electron chi connectivity index (χ0n) is 14.5. The lowest BCUT2D eigenvalue weighted by molar-refractivity contribution is -0.208. The molecule has 0 radical (unpaired) electrons. The van der Waals surface area contributed by atoms with Crippen molar-refractivity contribution in [3.63, 3.8) is 0 Å². The number of ether oxygens (including phenoxy) is 1. The zero-order valence-corrected chi connectivity index (χ0v) is 14.5. The lowest BCUT2D eigenvalue weighted by Gasteiger charge is -2.33. The number of alkyl halides is 3. The summed E-state index contributed by atoms with van der Waals surface area (Å²) in [6.45, 7) is 0.680. The molecule has 142 valence electrons. The highest BCUT2D eigenvalue weighted by atomic mass is 19.4. The molecular weight excluding hydrogens is 347 g/mol. The lowest BCUT2D eigenvalue weighted by atomic mass is 9.93. The highest BCUT2D eigenvalue weighted by Gasteiger charge is 2.39. The van der Waals surface area contributed by atoms with Gasteiger partial charge in [-0.05, 0) is 56.3 Å². The summed E-state index contributed by atoms with van der Waals surface area (Å²) in [6.07, 6.45) is -5.38. The second-order valence-electron chi connectivity index (χ2n) is 6.57. The van der Waals surface area contributed by atoms with E-state index < -0.39 is 12.3 Å². The van der Waals surface area contributed by atoms with Crippen molar-refractivity contribution in [1.82, 2.24) is 15.1 Å². The molecule has 1 aromatic carbocycles. The maximum absolute atomic E-state index is 12.5. The van der Waals surface area contributed by atoms with Crippen LogP contribution in [0.3, 0.4) is 0 Å². The van der Waals surface area contributed by atoms with Crippen LogP contribution in [-0.4, -0.2) is 59.2 Å². The number of halogens is 3. The smallest absolute Gasteiger partial charge is 0.415 e. The minimum atomic E-state index is -4.56. The third kappa shape index (κ3) is 4.37. The molecule has 3 rings (SSSR count). The van der Waals surface area contributed by atoms with Gasteiger partial charge in [0.15, 0.2) is 6.10 Å². The first kappa shape index (κ1) is 18.7. The summed E-state index contributed by atoms with van der Waals surface area (Å²) in [5, 5.41) is 16.6. The first-order valence-corrected chi connectivity index (χ1v) is 8.53. The van der Waals surface area contributed by atoms with Crippen LogP contribution in [0.1, 0.15) is 24.5 Å². The number of hydrogen-bond donors (Lipinski definition) is 2. The first-order chi connectivity index (χ1) is 12.4. The Bertz CT molecular complexity index is 707. The molecule has 0 spiro atoms. The molecule has 0 unspecified atom stereocenters. The van der Waals surface area contributed by atoms with Crippen LogP contribution in [0.25, 0.3) is 11.3 Å². The quantitative estimate of drug-likeness (QED) is 0.850. The third-order valence-corrected chi connectivity index (χ3v) is 4.82. The molecule has 1 fully saturated rings. The normalized spacial score (nSPS) is 18.0. The van der Waals surface area contributed by atoms with E-state index in [1.54, 1.807) is 12.0 Å². The molecule has 1 aliphatic heterocycles. The van der Waals surface area contributed by atoms with Crippen molar-refractivity contribution < 1.29 is 23.0 Å². The molecule has 2 aromatic rings. The number of nitrogens with zero attached hydrogens (tertiary/aromatic N) is 2. The summed E-state index contributed by atoms with van der Waals surface area (Å²) in [7, 11) is 1.61. The van der Waals surface area contributed by atoms with Crippen LogP contribution in [0, 0.1) is 0 Å². The van der Waals surface area contributed by atoms with Crippen molar-refractivity contribution in [2.75, 3.05) is 26.7 Å². The molecule has 5 nitrogen and oxygen atoms in total. The Labute approximate surface area is 149 Å². The predicted octanol–water partition coefficient (Wildman–Crippen LogP) is 3.19.